The molecule has 2 aliphatic heterocycles. The topological polar surface area (TPSA) is 52.7 Å². The van der Waals surface area contributed by atoms with Crippen LogP contribution in [-0.4, -0.2) is 55.2 Å². The van der Waals surface area contributed by atoms with Gasteiger partial charge in [-0.15, -0.1) is 24.2 Å². The summed E-state index contributed by atoms with van der Waals surface area (Å²) in [5, 5.41) is 3.26. The number of nitrogens with one attached hydrogen (secondary N) is 1. The van der Waals surface area contributed by atoms with Crippen molar-refractivity contribution < 1.29 is 9.59 Å². The van der Waals surface area contributed by atoms with Crippen molar-refractivity contribution in [2.75, 3.05) is 37.3 Å². The Labute approximate surface area is 147 Å². The third-order valence-corrected chi connectivity index (χ3v) is 5.41. The second kappa shape index (κ2) is 8.04. The molecular weight excluding hydrogens is 334 g/mol. The van der Waals surface area contributed by atoms with Gasteiger partial charge in [-0.1, -0.05) is 12.1 Å². The van der Waals surface area contributed by atoms with Crippen molar-refractivity contribution in [2.24, 2.45) is 0 Å². The van der Waals surface area contributed by atoms with Crippen molar-refractivity contribution >= 4 is 41.7 Å². The van der Waals surface area contributed by atoms with E-state index in [1.807, 2.05) is 36.2 Å². The van der Waals surface area contributed by atoms with Crippen molar-refractivity contribution in [3.05, 3.63) is 24.3 Å². The Morgan fingerprint density at radius 1 is 1.30 bits per heavy atom. The molecule has 1 aromatic rings. The molecular formula is C16H22ClN3O2S. The highest BCUT2D eigenvalue weighted by Gasteiger charge is 2.29. The fourth-order valence-electron chi connectivity index (χ4n) is 2.98. The molecule has 3 rings (SSSR count). The monoisotopic (exact) mass is 355 g/mol. The molecule has 23 heavy (non-hydrogen) atoms. The highest BCUT2D eigenvalue weighted by atomic mass is 35.5. The Morgan fingerprint density at radius 2 is 2.00 bits per heavy atom. The lowest BCUT2D eigenvalue weighted by atomic mass is 10.1. The van der Waals surface area contributed by atoms with Crippen LogP contribution in [0.4, 0.5) is 5.69 Å². The number of anilines is 1. The molecule has 0 radical (unpaired) electrons. The second-order valence-electron chi connectivity index (χ2n) is 5.68. The normalized spacial score (nSPS) is 18.4. The van der Waals surface area contributed by atoms with Crippen LogP contribution in [-0.2, 0) is 9.59 Å². The summed E-state index contributed by atoms with van der Waals surface area (Å²) in [6, 6.07) is 8.29. The molecule has 1 fully saturated rings. The lowest BCUT2D eigenvalue weighted by Gasteiger charge is -2.34. The fourth-order valence-corrected chi connectivity index (χ4v) is 3.92. The SMILES string of the molecule is CNC1CCN(C(=O)CN2C(=O)CSc3ccccc32)CC1.Cl. The van der Waals surface area contributed by atoms with Gasteiger partial charge in [-0.3, -0.25) is 9.59 Å². The molecule has 1 aromatic carbocycles. The standard InChI is InChI=1S/C16H21N3O2S.ClH/c1-17-12-6-8-18(9-7-12)15(20)10-19-13-4-2-3-5-14(13)22-11-16(19)21;/h2-5,12,17H,6-11H2,1H3;1H. The molecule has 1 saturated heterocycles. The summed E-state index contributed by atoms with van der Waals surface area (Å²) in [4.78, 5) is 29.3. The van der Waals surface area contributed by atoms with Crippen LogP contribution in [0.25, 0.3) is 0 Å². The van der Waals surface area contributed by atoms with E-state index in [4.69, 9.17) is 0 Å². The molecule has 2 amide bonds. The van der Waals surface area contributed by atoms with Crippen LogP contribution in [0.15, 0.2) is 29.2 Å². The lowest BCUT2D eigenvalue weighted by molar-refractivity contribution is -0.132. The average Bonchev–Trinajstić information content (AvgIpc) is 2.57. The highest BCUT2D eigenvalue weighted by molar-refractivity contribution is 8.00. The Balaban J connectivity index is 0.00000192. The number of thioether (sulfide) groups is 1. The zero-order valence-electron chi connectivity index (χ0n) is 13.2. The van der Waals surface area contributed by atoms with Gasteiger partial charge >= 0.3 is 0 Å². The van der Waals surface area contributed by atoms with Gasteiger partial charge in [0.2, 0.25) is 11.8 Å². The van der Waals surface area contributed by atoms with Gasteiger partial charge < -0.3 is 15.1 Å². The Bertz CT molecular complexity index is 576. The first kappa shape index (κ1) is 18.1. The van der Waals surface area contributed by atoms with Gasteiger partial charge in [0.05, 0.1) is 11.4 Å². The molecule has 126 valence electrons. The Kier molecular flexibility index (Phi) is 6.33. The second-order valence-corrected chi connectivity index (χ2v) is 6.70. The van der Waals surface area contributed by atoms with Crippen LogP contribution in [0, 0.1) is 0 Å². The van der Waals surface area contributed by atoms with Crippen molar-refractivity contribution in [1.82, 2.24) is 10.2 Å². The van der Waals surface area contributed by atoms with E-state index in [1.54, 1.807) is 16.7 Å². The molecule has 7 heteroatoms. The van der Waals surface area contributed by atoms with Gasteiger partial charge in [-0.05, 0) is 32.0 Å². The maximum absolute atomic E-state index is 12.5. The first-order valence-electron chi connectivity index (χ1n) is 7.66. The van der Waals surface area contributed by atoms with E-state index in [1.165, 1.54) is 0 Å². The molecule has 2 heterocycles. The first-order chi connectivity index (χ1) is 10.7. The van der Waals surface area contributed by atoms with E-state index >= 15 is 0 Å². The number of carbonyl (C=O) groups is 2. The summed E-state index contributed by atoms with van der Waals surface area (Å²) in [6.45, 7) is 1.69. The van der Waals surface area contributed by atoms with Crippen LogP contribution in [0.1, 0.15) is 12.8 Å². The molecule has 2 aliphatic rings. The van der Waals surface area contributed by atoms with E-state index in [0.29, 0.717) is 11.8 Å². The zero-order valence-corrected chi connectivity index (χ0v) is 14.8. The highest BCUT2D eigenvalue weighted by Crippen LogP contribution is 2.34. The molecule has 0 saturated carbocycles. The number of amides is 2. The van der Waals surface area contributed by atoms with Gasteiger partial charge in [-0.2, -0.15) is 0 Å². The van der Waals surface area contributed by atoms with Crippen molar-refractivity contribution in [3.8, 4) is 0 Å². The average molecular weight is 356 g/mol. The van der Waals surface area contributed by atoms with Crippen LogP contribution < -0.4 is 10.2 Å². The third kappa shape index (κ3) is 4.00. The minimum absolute atomic E-state index is 0. The maximum atomic E-state index is 12.5. The molecule has 0 spiro atoms. The van der Waals surface area contributed by atoms with Crippen molar-refractivity contribution in [1.29, 1.82) is 0 Å². The number of nitrogens with zero attached hydrogens (tertiary/aromatic N) is 2. The molecule has 0 unspecified atom stereocenters. The van der Waals surface area contributed by atoms with E-state index in [9.17, 15) is 9.59 Å². The zero-order chi connectivity index (χ0) is 15.5. The first-order valence-corrected chi connectivity index (χ1v) is 8.65. The number of piperidine rings is 1. The van der Waals surface area contributed by atoms with Crippen molar-refractivity contribution in [3.63, 3.8) is 0 Å². The van der Waals surface area contributed by atoms with Gasteiger partial charge in [0.15, 0.2) is 0 Å². The number of benzene rings is 1. The number of hydrogen-bond donors (Lipinski definition) is 1. The van der Waals surface area contributed by atoms with Gasteiger partial charge in [-0.25, -0.2) is 0 Å². The molecule has 0 bridgehead atoms. The van der Waals surface area contributed by atoms with Gasteiger partial charge in [0, 0.05) is 24.0 Å². The number of fused-ring (bicyclic) bond motifs is 1. The summed E-state index contributed by atoms with van der Waals surface area (Å²) >= 11 is 1.54. The maximum Gasteiger partial charge on any atom is 0.242 e. The quantitative estimate of drug-likeness (QED) is 0.897. The van der Waals surface area contributed by atoms with E-state index < -0.39 is 0 Å². The fraction of sp³-hybridized carbons (Fsp3) is 0.500. The minimum atomic E-state index is 0. The molecule has 5 nitrogen and oxygen atoms in total. The summed E-state index contributed by atoms with van der Waals surface area (Å²) in [5.41, 5.74) is 0.863. The largest absolute Gasteiger partial charge is 0.341 e. The minimum Gasteiger partial charge on any atom is -0.341 e. The number of rotatable bonds is 3. The number of hydrogen-bond acceptors (Lipinski definition) is 4. The number of para-hydroxylation sites is 1. The van der Waals surface area contributed by atoms with E-state index in [0.717, 1.165) is 36.5 Å². The number of likely N-dealkylation sites (tertiary alicyclic amines) is 1. The lowest BCUT2D eigenvalue weighted by Crippen LogP contribution is -2.49. The van der Waals surface area contributed by atoms with Crippen LogP contribution in [0.5, 0.6) is 0 Å². The molecule has 0 aromatic heterocycles. The van der Waals surface area contributed by atoms with E-state index in [2.05, 4.69) is 5.32 Å². The summed E-state index contributed by atoms with van der Waals surface area (Å²) in [7, 11) is 1.96. The smallest absolute Gasteiger partial charge is 0.242 e. The van der Waals surface area contributed by atoms with Crippen LogP contribution in [0.3, 0.4) is 0 Å². The predicted octanol–water partition coefficient (Wildman–Crippen LogP) is 1.76. The third-order valence-electron chi connectivity index (χ3n) is 4.36. The van der Waals surface area contributed by atoms with Crippen LogP contribution >= 0.6 is 24.2 Å². The Hall–Kier alpha value is -1.24. The molecule has 0 atom stereocenters. The molecule has 0 aliphatic carbocycles. The van der Waals surface area contributed by atoms with Crippen LogP contribution in [0.2, 0.25) is 0 Å². The number of halogens is 1. The summed E-state index contributed by atoms with van der Waals surface area (Å²) < 4.78 is 0. The van der Waals surface area contributed by atoms with Gasteiger partial charge in [0.25, 0.3) is 0 Å². The summed E-state index contributed by atoms with van der Waals surface area (Å²) in [6.07, 6.45) is 1.95. The predicted molar refractivity (Wildman–Crippen MR) is 95.4 cm³/mol. The molecule has 1 N–H and O–H groups in total. The number of carbonyl (C=O) groups excluding carboxylic acids is 2. The van der Waals surface area contributed by atoms with Gasteiger partial charge in [0.1, 0.15) is 6.54 Å². The van der Waals surface area contributed by atoms with Crippen molar-refractivity contribution in [2.45, 2.75) is 23.8 Å². The van der Waals surface area contributed by atoms with E-state index in [-0.39, 0.29) is 30.8 Å². The summed E-state index contributed by atoms with van der Waals surface area (Å²) in [5.74, 6) is 0.471. The Morgan fingerprint density at radius 3 is 2.70 bits per heavy atom.